The Morgan fingerprint density at radius 2 is 2.23 bits per heavy atom. The van der Waals surface area contributed by atoms with Crippen molar-refractivity contribution >= 4 is 33.4 Å². The normalized spacial score (nSPS) is 21.2. The predicted molar refractivity (Wildman–Crippen MR) is 107 cm³/mol. The fourth-order valence-electron chi connectivity index (χ4n) is 3.79. The van der Waals surface area contributed by atoms with Crippen LogP contribution in [0, 0.1) is 0 Å². The van der Waals surface area contributed by atoms with Crippen molar-refractivity contribution in [2.75, 3.05) is 30.3 Å². The number of pyridine rings is 1. The molecule has 1 fully saturated rings. The maximum Gasteiger partial charge on any atom is 0.139 e. The Morgan fingerprint density at radius 3 is 3.15 bits per heavy atom. The topological polar surface area (TPSA) is 72.6 Å². The predicted octanol–water partition coefficient (Wildman–Crippen LogP) is 3.30. The summed E-state index contributed by atoms with van der Waals surface area (Å²) in [4.78, 5) is 19.4. The largest absolute Gasteiger partial charge is 0.346 e. The average molecular weight is 366 g/mol. The summed E-state index contributed by atoms with van der Waals surface area (Å²) in [5, 5.41) is 4.63. The molecule has 5 rings (SSSR count). The number of hydrogen-bond donors (Lipinski definition) is 3. The summed E-state index contributed by atoms with van der Waals surface area (Å²) in [6, 6.07) is 4.18. The smallest absolute Gasteiger partial charge is 0.139 e. The van der Waals surface area contributed by atoms with Crippen molar-refractivity contribution in [3.63, 3.8) is 0 Å². The van der Waals surface area contributed by atoms with Gasteiger partial charge in [-0.2, -0.15) is 0 Å². The van der Waals surface area contributed by atoms with Crippen molar-refractivity contribution in [2.45, 2.75) is 18.8 Å². The number of aromatic nitrogens is 4. The van der Waals surface area contributed by atoms with Crippen LogP contribution in [0.5, 0.6) is 0 Å². The number of piperidine rings is 1. The molecule has 7 heteroatoms. The first-order valence-corrected chi connectivity index (χ1v) is 10.2. The summed E-state index contributed by atoms with van der Waals surface area (Å²) in [6.45, 7) is 3.14. The van der Waals surface area contributed by atoms with Crippen LogP contribution in [-0.2, 0) is 0 Å². The maximum absolute atomic E-state index is 4.67. The van der Waals surface area contributed by atoms with Gasteiger partial charge >= 0.3 is 0 Å². The third-order valence-electron chi connectivity index (χ3n) is 5.15. The van der Waals surface area contributed by atoms with E-state index in [-0.39, 0.29) is 0 Å². The van der Waals surface area contributed by atoms with Crippen molar-refractivity contribution in [1.82, 2.24) is 25.3 Å². The summed E-state index contributed by atoms with van der Waals surface area (Å²) < 4.78 is 0. The number of nitrogens with zero attached hydrogens (tertiary/aromatic N) is 3. The van der Waals surface area contributed by atoms with Gasteiger partial charge in [-0.15, -0.1) is 11.8 Å². The number of thioether (sulfide) groups is 1. The van der Waals surface area contributed by atoms with Gasteiger partial charge in [0.25, 0.3) is 0 Å². The second-order valence-electron chi connectivity index (χ2n) is 6.83. The van der Waals surface area contributed by atoms with Crippen LogP contribution in [0.4, 0.5) is 5.69 Å². The molecule has 26 heavy (non-hydrogen) atoms. The van der Waals surface area contributed by atoms with E-state index < -0.39 is 0 Å². The van der Waals surface area contributed by atoms with Gasteiger partial charge in [-0.25, -0.2) is 9.97 Å². The van der Waals surface area contributed by atoms with E-state index in [1.807, 2.05) is 30.4 Å². The fraction of sp³-hybridized carbons (Fsp3) is 0.368. The maximum atomic E-state index is 4.67. The van der Waals surface area contributed by atoms with Crippen LogP contribution in [0.15, 0.2) is 36.9 Å². The van der Waals surface area contributed by atoms with E-state index in [4.69, 9.17) is 0 Å². The lowest BCUT2D eigenvalue weighted by Gasteiger charge is -2.26. The standard InChI is InChI=1S/C19H22N6S/c1-2-13(10-20-5-1)18-23-11-15(24-18)17-12-25(8-9-26-17)16-4-7-22-19-14(16)3-6-21-19/h3-4,6-7,11-13,20H,1-2,5,8-10H2,(H,21,22)(H,23,24)/t13-/m1/s1. The third-order valence-corrected chi connectivity index (χ3v) is 6.18. The van der Waals surface area contributed by atoms with E-state index in [1.54, 1.807) is 0 Å². The molecular formula is C19H22N6S. The molecule has 0 unspecified atom stereocenters. The molecule has 3 aromatic rings. The Balaban J connectivity index is 1.44. The van der Waals surface area contributed by atoms with Gasteiger partial charge in [0.15, 0.2) is 0 Å². The Kier molecular flexibility index (Phi) is 4.18. The highest BCUT2D eigenvalue weighted by Gasteiger charge is 2.21. The lowest BCUT2D eigenvalue weighted by atomic mass is 9.99. The zero-order valence-electron chi connectivity index (χ0n) is 14.5. The molecule has 0 spiro atoms. The highest BCUT2D eigenvalue weighted by Crippen LogP contribution is 2.35. The Bertz CT molecular complexity index is 936. The molecule has 0 saturated carbocycles. The van der Waals surface area contributed by atoms with Gasteiger partial charge in [-0.05, 0) is 31.5 Å². The Labute approximate surface area is 156 Å². The second kappa shape index (κ2) is 6.81. The van der Waals surface area contributed by atoms with Crippen LogP contribution in [0.1, 0.15) is 30.3 Å². The summed E-state index contributed by atoms with van der Waals surface area (Å²) >= 11 is 1.89. The molecule has 2 aliphatic rings. The Hall–Kier alpha value is -2.25. The minimum Gasteiger partial charge on any atom is -0.346 e. The van der Waals surface area contributed by atoms with Crippen LogP contribution in [0.25, 0.3) is 15.9 Å². The number of anilines is 1. The molecule has 3 N–H and O–H groups in total. The zero-order chi connectivity index (χ0) is 17.3. The average Bonchev–Trinajstić information content (AvgIpc) is 3.38. The summed E-state index contributed by atoms with van der Waals surface area (Å²) in [5.74, 6) is 2.67. The highest BCUT2D eigenvalue weighted by molar-refractivity contribution is 8.08. The number of imidazole rings is 1. The van der Waals surface area contributed by atoms with Crippen molar-refractivity contribution in [3.8, 4) is 0 Å². The van der Waals surface area contributed by atoms with Crippen LogP contribution in [0.2, 0.25) is 0 Å². The van der Waals surface area contributed by atoms with Crippen LogP contribution >= 0.6 is 11.8 Å². The summed E-state index contributed by atoms with van der Waals surface area (Å²) in [6.07, 6.45) is 10.5. The number of fused-ring (bicyclic) bond motifs is 1. The molecule has 1 saturated heterocycles. The van der Waals surface area contributed by atoms with Crippen molar-refractivity contribution in [1.29, 1.82) is 0 Å². The SMILES string of the molecule is C1=C(c2cnc([C@@H]3CCCNC3)[nH]2)SCCN1c1ccnc2[nH]ccc12. The lowest BCUT2D eigenvalue weighted by molar-refractivity contribution is 0.449. The lowest BCUT2D eigenvalue weighted by Crippen LogP contribution is -2.28. The van der Waals surface area contributed by atoms with Crippen LogP contribution < -0.4 is 10.2 Å². The van der Waals surface area contributed by atoms with Gasteiger partial charge in [0.2, 0.25) is 0 Å². The molecule has 6 nitrogen and oxygen atoms in total. The van der Waals surface area contributed by atoms with Gasteiger partial charge in [-0.1, -0.05) is 0 Å². The highest BCUT2D eigenvalue weighted by atomic mass is 32.2. The zero-order valence-corrected chi connectivity index (χ0v) is 15.4. The van der Waals surface area contributed by atoms with E-state index in [0.29, 0.717) is 5.92 Å². The first-order valence-electron chi connectivity index (χ1n) is 9.18. The van der Waals surface area contributed by atoms with E-state index >= 15 is 0 Å². The minimum absolute atomic E-state index is 0.502. The molecule has 0 bridgehead atoms. The number of hydrogen-bond acceptors (Lipinski definition) is 5. The molecule has 3 aromatic heterocycles. The monoisotopic (exact) mass is 366 g/mol. The summed E-state index contributed by atoms with van der Waals surface area (Å²) in [7, 11) is 0. The summed E-state index contributed by atoms with van der Waals surface area (Å²) in [5.41, 5.74) is 3.26. The van der Waals surface area contributed by atoms with Crippen molar-refractivity contribution in [2.24, 2.45) is 0 Å². The van der Waals surface area contributed by atoms with Gasteiger partial charge < -0.3 is 20.2 Å². The van der Waals surface area contributed by atoms with E-state index in [1.165, 1.54) is 23.4 Å². The molecule has 2 aliphatic heterocycles. The van der Waals surface area contributed by atoms with Gasteiger partial charge in [0.1, 0.15) is 11.5 Å². The van der Waals surface area contributed by atoms with E-state index in [0.717, 1.165) is 47.9 Å². The molecular weight excluding hydrogens is 344 g/mol. The van der Waals surface area contributed by atoms with E-state index in [9.17, 15) is 0 Å². The first-order chi connectivity index (χ1) is 12.9. The number of rotatable bonds is 3. The van der Waals surface area contributed by atoms with Crippen molar-refractivity contribution < 1.29 is 0 Å². The van der Waals surface area contributed by atoms with Gasteiger partial charge in [0, 0.05) is 53.6 Å². The molecule has 134 valence electrons. The quantitative estimate of drug-likeness (QED) is 0.663. The van der Waals surface area contributed by atoms with E-state index in [2.05, 4.69) is 48.5 Å². The molecule has 0 amide bonds. The molecule has 1 atom stereocenters. The Morgan fingerprint density at radius 1 is 1.23 bits per heavy atom. The minimum atomic E-state index is 0.502. The van der Waals surface area contributed by atoms with Gasteiger partial charge in [-0.3, -0.25) is 0 Å². The van der Waals surface area contributed by atoms with Crippen LogP contribution in [0.3, 0.4) is 0 Å². The number of aromatic amines is 2. The van der Waals surface area contributed by atoms with Gasteiger partial charge in [0.05, 0.1) is 17.6 Å². The second-order valence-corrected chi connectivity index (χ2v) is 7.97. The number of H-pyrrole nitrogens is 2. The third kappa shape index (κ3) is 2.91. The fourth-order valence-corrected chi connectivity index (χ4v) is 4.75. The molecule has 0 aliphatic carbocycles. The first kappa shape index (κ1) is 16.0. The van der Waals surface area contributed by atoms with Crippen LogP contribution in [-0.4, -0.2) is 45.3 Å². The number of nitrogens with one attached hydrogen (secondary N) is 3. The molecule has 0 aromatic carbocycles. The molecule has 0 radical (unpaired) electrons. The molecule has 5 heterocycles. The van der Waals surface area contributed by atoms with Crippen molar-refractivity contribution in [3.05, 3.63) is 48.4 Å².